The molecule has 1 fully saturated rings. The number of rotatable bonds is 4. The molecule has 0 radical (unpaired) electrons. The summed E-state index contributed by atoms with van der Waals surface area (Å²) >= 11 is 0. The molecule has 0 aliphatic carbocycles. The maximum Gasteiger partial charge on any atom is 0.255 e. The lowest BCUT2D eigenvalue weighted by molar-refractivity contribution is 0.102. The van der Waals surface area contributed by atoms with Crippen molar-refractivity contribution in [2.75, 3.05) is 36.5 Å². The number of amides is 1. The Morgan fingerprint density at radius 1 is 1.00 bits per heavy atom. The van der Waals surface area contributed by atoms with Crippen LogP contribution in [0.3, 0.4) is 0 Å². The number of nitrogens with one attached hydrogen (secondary N) is 1. The topological polar surface area (TPSA) is 67.4 Å². The van der Waals surface area contributed by atoms with Crippen molar-refractivity contribution >= 4 is 17.4 Å². The Morgan fingerprint density at radius 3 is 2.57 bits per heavy atom. The average Bonchev–Trinajstić information content (AvgIpc) is 2.75. The number of halogens is 1. The van der Waals surface area contributed by atoms with Gasteiger partial charge in [-0.3, -0.25) is 4.79 Å². The molecule has 2 heterocycles. The Hall–Kier alpha value is -3.32. The molecule has 1 aliphatic rings. The molecule has 1 amide bonds. The number of ether oxygens (including phenoxy) is 1. The fourth-order valence-corrected chi connectivity index (χ4v) is 3.03. The zero-order valence-corrected chi connectivity index (χ0v) is 15.1. The van der Waals surface area contributed by atoms with Crippen LogP contribution >= 0.6 is 0 Å². The Bertz CT molecular complexity index is 972. The van der Waals surface area contributed by atoms with Gasteiger partial charge in [0.1, 0.15) is 5.82 Å². The van der Waals surface area contributed by atoms with E-state index in [1.165, 1.54) is 12.1 Å². The molecule has 142 valence electrons. The van der Waals surface area contributed by atoms with Crippen molar-refractivity contribution < 1.29 is 13.9 Å². The van der Waals surface area contributed by atoms with Crippen molar-refractivity contribution in [3.63, 3.8) is 0 Å². The summed E-state index contributed by atoms with van der Waals surface area (Å²) < 4.78 is 18.6. The van der Waals surface area contributed by atoms with Crippen LogP contribution in [-0.2, 0) is 4.74 Å². The molecule has 0 spiro atoms. The van der Waals surface area contributed by atoms with Crippen LogP contribution in [0.4, 0.5) is 15.9 Å². The summed E-state index contributed by atoms with van der Waals surface area (Å²) in [6.07, 6.45) is 0. The van der Waals surface area contributed by atoms with Gasteiger partial charge in [0.2, 0.25) is 0 Å². The number of anilines is 2. The number of nitrogens with zero attached hydrogens (tertiary/aromatic N) is 3. The van der Waals surface area contributed by atoms with Gasteiger partial charge in [0, 0.05) is 29.9 Å². The minimum Gasteiger partial charge on any atom is -0.378 e. The highest BCUT2D eigenvalue weighted by Gasteiger charge is 2.14. The first-order valence-electron chi connectivity index (χ1n) is 9.03. The summed E-state index contributed by atoms with van der Waals surface area (Å²) in [7, 11) is 0. The second-order valence-electron chi connectivity index (χ2n) is 6.42. The van der Waals surface area contributed by atoms with Crippen LogP contribution in [0.1, 0.15) is 10.4 Å². The minimum atomic E-state index is -0.401. The Balaban J connectivity index is 1.50. The van der Waals surface area contributed by atoms with Gasteiger partial charge in [-0.05, 0) is 42.5 Å². The zero-order chi connectivity index (χ0) is 19.3. The highest BCUT2D eigenvalue weighted by Crippen LogP contribution is 2.21. The van der Waals surface area contributed by atoms with Gasteiger partial charge in [-0.15, -0.1) is 10.2 Å². The molecule has 6 nitrogen and oxygen atoms in total. The van der Waals surface area contributed by atoms with Crippen LogP contribution in [0, 0.1) is 5.82 Å². The molecule has 0 unspecified atom stereocenters. The quantitative estimate of drug-likeness (QED) is 0.754. The molecule has 1 aliphatic heterocycles. The molecule has 0 saturated carbocycles. The third kappa shape index (κ3) is 4.15. The molecule has 1 saturated heterocycles. The first-order chi connectivity index (χ1) is 13.7. The number of carbonyl (C=O) groups is 1. The largest absolute Gasteiger partial charge is 0.378 e. The Morgan fingerprint density at radius 2 is 1.82 bits per heavy atom. The van der Waals surface area contributed by atoms with E-state index in [9.17, 15) is 9.18 Å². The van der Waals surface area contributed by atoms with Crippen molar-refractivity contribution in [2.45, 2.75) is 0 Å². The first kappa shape index (κ1) is 18.1. The molecule has 7 heteroatoms. The van der Waals surface area contributed by atoms with E-state index < -0.39 is 5.82 Å². The highest BCUT2D eigenvalue weighted by molar-refractivity contribution is 6.04. The van der Waals surface area contributed by atoms with Gasteiger partial charge >= 0.3 is 0 Å². The summed E-state index contributed by atoms with van der Waals surface area (Å²) in [5.74, 6) is 0.0968. The average molecular weight is 378 g/mol. The number of morpholine rings is 1. The monoisotopic (exact) mass is 378 g/mol. The smallest absolute Gasteiger partial charge is 0.255 e. The summed E-state index contributed by atoms with van der Waals surface area (Å²) in [5.41, 5.74) is 2.33. The van der Waals surface area contributed by atoms with Crippen LogP contribution < -0.4 is 10.2 Å². The normalized spacial score (nSPS) is 14.0. The molecular weight excluding hydrogens is 359 g/mol. The van der Waals surface area contributed by atoms with Crippen LogP contribution in [-0.4, -0.2) is 42.4 Å². The molecule has 2 aromatic carbocycles. The lowest BCUT2D eigenvalue weighted by Crippen LogP contribution is -2.36. The molecule has 0 bridgehead atoms. The van der Waals surface area contributed by atoms with Crippen LogP contribution in [0.15, 0.2) is 60.7 Å². The van der Waals surface area contributed by atoms with Crippen molar-refractivity contribution in [1.29, 1.82) is 0 Å². The summed E-state index contributed by atoms with van der Waals surface area (Å²) in [6, 6.07) is 16.7. The van der Waals surface area contributed by atoms with Crippen molar-refractivity contribution in [3.05, 3.63) is 72.0 Å². The SMILES string of the molecule is O=C(Nc1cccc(F)c1)c1cccc(-c2ccc(N3CCOCC3)nn2)c1. The standard InChI is InChI=1S/C21H19FN4O2/c22-17-5-2-6-18(14-17)23-21(27)16-4-1-3-15(13-16)19-7-8-20(25-24-19)26-9-11-28-12-10-26/h1-8,13-14H,9-12H2,(H,23,27). The minimum absolute atomic E-state index is 0.314. The van der Waals surface area contributed by atoms with Crippen LogP contribution in [0.25, 0.3) is 11.3 Å². The molecule has 3 aromatic rings. The Labute approximate surface area is 162 Å². The van der Waals surface area contributed by atoms with Gasteiger partial charge in [-0.25, -0.2) is 4.39 Å². The highest BCUT2D eigenvalue weighted by atomic mass is 19.1. The van der Waals surface area contributed by atoms with Crippen molar-refractivity contribution in [2.24, 2.45) is 0 Å². The third-order valence-corrected chi connectivity index (χ3v) is 4.49. The van der Waals surface area contributed by atoms with Gasteiger partial charge in [0.25, 0.3) is 5.91 Å². The molecule has 0 atom stereocenters. The molecule has 4 rings (SSSR count). The maximum atomic E-state index is 13.3. The van der Waals surface area contributed by atoms with Crippen LogP contribution in [0.2, 0.25) is 0 Å². The van der Waals surface area contributed by atoms with Crippen molar-refractivity contribution in [1.82, 2.24) is 10.2 Å². The first-order valence-corrected chi connectivity index (χ1v) is 9.03. The van der Waals surface area contributed by atoms with E-state index in [2.05, 4.69) is 20.4 Å². The predicted octanol–water partition coefficient (Wildman–Crippen LogP) is 3.37. The fraction of sp³-hybridized carbons (Fsp3) is 0.190. The molecule has 28 heavy (non-hydrogen) atoms. The maximum absolute atomic E-state index is 13.3. The number of hydrogen-bond donors (Lipinski definition) is 1. The van der Waals surface area contributed by atoms with E-state index in [4.69, 9.17) is 4.74 Å². The summed E-state index contributed by atoms with van der Waals surface area (Å²) in [6.45, 7) is 2.96. The van der Waals surface area contributed by atoms with Gasteiger partial charge in [0.15, 0.2) is 5.82 Å². The van der Waals surface area contributed by atoms with E-state index in [-0.39, 0.29) is 5.91 Å². The zero-order valence-electron chi connectivity index (χ0n) is 15.1. The van der Waals surface area contributed by atoms with E-state index in [0.717, 1.165) is 24.5 Å². The lowest BCUT2D eigenvalue weighted by Gasteiger charge is -2.27. The number of benzene rings is 2. The lowest BCUT2D eigenvalue weighted by atomic mass is 10.1. The predicted molar refractivity (Wildman–Crippen MR) is 105 cm³/mol. The molecule has 1 N–H and O–H groups in total. The van der Waals surface area contributed by atoms with Gasteiger partial charge in [-0.2, -0.15) is 0 Å². The van der Waals surface area contributed by atoms with Gasteiger partial charge in [-0.1, -0.05) is 18.2 Å². The van der Waals surface area contributed by atoms with Gasteiger partial charge < -0.3 is 15.0 Å². The second-order valence-corrected chi connectivity index (χ2v) is 6.42. The number of carbonyl (C=O) groups excluding carboxylic acids is 1. The molecular formula is C21H19FN4O2. The van der Waals surface area contributed by atoms with E-state index in [1.807, 2.05) is 18.2 Å². The van der Waals surface area contributed by atoms with E-state index in [0.29, 0.717) is 30.2 Å². The van der Waals surface area contributed by atoms with E-state index in [1.54, 1.807) is 30.3 Å². The number of hydrogen-bond acceptors (Lipinski definition) is 5. The summed E-state index contributed by atoms with van der Waals surface area (Å²) in [4.78, 5) is 14.6. The second kappa shape index (κ2) is 8.14. The number of aromatic nitrogens is 2. The fourth-order valence-electron chi connectivity index (χ4n) is 3.03. The van der Waals surface area contributed by atoms with Crippen LogP contribution in [0.5, 0.6) is 0 Å². The van der Waals surface area contributed by atoms with E-state index >= 15 is 0 Å². The Kier molecular flexibility index (Phi) is 5.25. The third-order valence-electron chi connectivity index (χ3n) is 4.49. The summed E-state index contributed by atoms with van der Waals surface area (Å²) in [5, 5.41) is 11.3. The van der Waals surface area contributed by atoms with Gasteiger partial charge in [0.05, 0.1) is 18.9 Å². The van der Waals surface area contributed by atoms with Crippen molar-refractivity contribution in [3.8, 4) is 11.3 Å². The molecule has 1 aromatic heterocycles.